The van der Waals surface area contributed by atoms with E-state index in [0.29, 0.717) is 22.6 Å². The molecular formula is C24H27F4N7O3. The highest BCUT2D eigenvalue weighted by Gasteiger charge is 2.45. The maximum absolute atomic E-state index is 13.8. The molecule has 1 atom stereocenters. The number of halogens is 4. The SMILES string of the molecule is Cc1nonc1C(=O)N[C@H](c1cn2ncc(CNC(=O)CC3CC(F)(F)C3)cc2n1)C1CCC(F)(F)CC1. The van der Waals surface area contributed by atoms with E-state index in [1.807, 2.05) is 0 Å². The van der Waals surface area contributed by atoms with Gasteiger partial charge in [0, 0.05) is 38.6 Å². The highest BCUT2D eigenvalue weighted by molar-refractivity contribution is 5.93. The molecule has 0 bridgehead atoms. The molecular weight excluding hydrogens is 510 g/mol. The Morgan fingerprint density at radius 3 is 2.55 bits per heavy atom. The fourth-order valence-corrected chi connectivity index (χ4v) is 5.12. The van der Waals surface area contributed by atoms with Gasteiger partial charge in [0.05, 0.1) is 24.1 Å². The van der Waals surface area contributed by atoms with Crippen LogP contribution in [-0.4, -0.2) is 48.6 Å². The van der Waals surface area contributed by atoms with Gasteiger partial charge in [-0.1, -0.05) is 5.16 Å². The van der Waals surface area contributed by atoms with Crippen LogP contribution in [0.15, 0.2) is 23.1 Å². The van der Waals surface area contributed by atoms with Gasteiger partial charge in [-0.15, -0.1) is 0 Å². The number of aromatic nitrogens is 5. The van der Waals surface area contributed by atoms with Gasteiger partial charge in [-0.05, 0) is 48.4 Å². The summed E-state index contributed by atoms with van der Waals surface area (Å²) in [6.45, 7) is 1.71. The van der Waals surface area contributed by atoms with E-state index in [2.05, 4.69) is 35.7 Å². The quantitative estimate of drug-likeness (QED) is 0.419. The lowest BCUT2D eigenvalue weighted by atomic mass is 9.79. The molecule has 0 unspecified atom stereocenters. The van der Waals surface area contributed by atoms with Crippen molar-refractivity contribution in [2.45, 2.75) is 76.3 Å². The standard InChI is InChI=1S/C24H27F4N7O3/c1-13-20(34-38-33-13)22(37)32-21(16-2-4-23(25,26)5-3-16)17-12-35-18(31-17)6-15(11-30-35)10-29-19(36)7-14-8-24(27,28)9-14/h6,11-12,14,16,21H,2-5,7-10H2,1H3,(H,29,36)(H,32,37)/t21-/m0/s1. The number of nitrogens with zero attached hydrogens (tertiary/aromatic N) is 5. The van der Waals surface area contributed by atoms with Crippen LogP contribution in [-0.2, 0) is 11.3 Å². The van der Waals surface area contributed by atoms with Crippen LogP contribution in [0.4, 0.5) is 17.6 Å². The number of fused-ring (bicyclic) bond motifs is 1. The van der Waals surface area contributed by atoms with E-state index in [1.165, 1.54) is 10.7 Å². The maximum Gasteiger partial charge on any atom is 0.276 e. The van der Waals surface area contributed by atoms with Crippen molar-refractivity contribution in [2.24, 2.45) is 11.8 Å². The lowest BCUT2D eigenvalue weighted by molar-refractivity contribution is -0.133. The number of imidazole rings is 1. The topological polar surface area (TPSA) is 127 Å². The minimum atomic E-state index is -2.74. The third kappa shape index (κ3) is 5.78. The zero-order chi connectivity index (χ0) is 27.1. The van der Waals surface area contributed by atoms with Crippen LogP contribution in [0.5, 0.6) is 0 Å². The fraction of sp³-hybridized carbons (Fsp3) is 0.583. The molecule has 204 valence electrons. The molecule has 5 rings (SSSR count). The summed E-state index contributed by atoms with van der Waals surface area (Å²) in [4.78, 5) is 29.6. The number of aryl methyl sites for hydroxylation is 1. The molecule has 2 aliphatic carbocycles. The molecule has 2 fully saturated rings. The van der Waals surface area contributed by atoms with Gasteiger partial charge >= 0.3 is 0 Å². The van der Waals surface area contributed by atoms with Crippen molar-refractivity contribution in [3.63, 3.8) is 0 Å². The molecule has 3 aromatic rings. The Labute approximate surface area is 214 Å². The summed E-state index contributed by atoms with van der Waals surface area (Å²) in [5.74, 6) is -6.88. The normalized spacial score (nSPS) is 20.1. The first-order valence-electron chi connectivity index (χ1n) is 12.4. The highest BCUT2D eigenvalue weighted by Crippen LogP contribution is 2.44. The second-order valence-electron chi connectivity index (χ2n) is 10.3. The van der Waals surface area contributed by atoms with Gasteiger partial charge < -0.3 is 10.6 Å². The summed E-state index contributed by atoms with van der Waals surface area (Å²) in [6, 6.07) is 1.02. The fourth-order valence-electron chi connectivity index (χ4n) is 5.12. The lowest BCUT2D eigenvalue weighted by Crippen LogP contribution is -2.38. The van der Waals surface area contributed by atoms with Crippen molar-refractivity contribution in [1.82, 2.24) is 35.5 Å². The van der Waals surface area contributed by atoms with Gasteiger partial charge in [-0.2, -0.15) is 5.10 Å². The summed E-state index contributed by atoms with van der Waals surface area (Å²) < 4.78 is 59.8. The Balaban J connectivity index is 1.30. The summed E-state index contributed by atoms with van der Waals surface area (Å²) >= 11 is 0. The molecule has 0 spiro atoms. The summed E-state index contributed by atoms with van der Waals surface area (Å²) in [7, 11) is 0. The lowest BCUT2D eigenvalue weighted by Gasteiger charge is -2.34. The zero-order valence-electron chi connectivity index (χ0n) is 20.6. The molecule has 0 radical (unpaired) electrons. The van der Waals surface area contributed by atoms with E-state index in [4.69, 9.17) is 0 Å². The molecule has 2 saturated carbocycles. The first kappa shape index (κ1) is 26.0. The summed E-state index contributed by atoms with van der Waals surface area (Å²) in [6.07, 6.45) is 2.47. The highest BCUT2D eigenvalue weighted by atomic mass is 19.3. The number of carbonyl (C=O) groups excluding carboxylic acids is 2. The van der Waals surface area contributed by atoms with Crippen LogP contribution in [0.1, 0.15) is 78.4 Å². The molecule has 10 nitrogen and oxygen atoms in total. The van der Waals surface area contributed by atoms with Crippen LogP contribution in [0.3, 0.4) is 0 Å². The number of rotatable bonds is 8. The zero-order valence-corrected chi connectivity index (χ0v) is 20.6. The Hall–Kier alpha value is -3.58. The predicted molar refractivity (Wildman–Crippen MR) is 123 cm³/mol. The van der Waals surface area contributed by atoms with Gasteiger partial charge in [-0.3, -0.25) is 9.59 Å². The van der Waals surface area contributed by atoms with Gasteiger partial charge in [-0.25, -0.2) is 31.7 Å². The van der Waals surface area contributed by atoms with Crippen LogP contribution < -0.4 is 10.6 Å². The molecule has 0 aliphatic heterocycles. The molecule has 2 amide bonds. The Morgan fingerprint density at radius 1 is 1.16 bits per heavy atom. The number of hydrogen-bond acceptors (Lipinski definition) is 7. The number of hydrogen-bond donors (Lipinski definition) is 2. The molecule has 2 N–H and O–H groups in total. The minimum Gasteiger partial charge on any atom is -0.352 e. The van der Waals surface area contributed by atoms with Crippen molar-refractivity contribution in [1.29, 1.82) is 0 Å². The average Bonchev–Trinajstić information content (AvgIpc) is 3.46. The second kappa shape index (κ2) is 9.95. The van der Waals surface area contributed by atoms with Crippen molar-refractivity contribution in [3.05, 3.63) is 41.1 Å². The van der Waals surface area contributed by atoms with E-state index < -0.39 is 23.8 Å². The minimum absolute atomic E-state index is 0.00155. The monoisotopic (exact) mass is 537 g/mol. The van der Waals surface area contributed by atoms with E-state index in [-0.39, 0.29) is 74.9 Å². The Kier molecular flexibility index (Phi) is 6.82. The molecule has 0 saturated heterocycles. The van der Waals surface area contributed by atoms with E-state index in [0.717, 1.165) is 0 Å². The van der Waals surface area contributed by atoms with Crippen molar-refractivity contribution < 1.29 is 31.8 Å². The predicted octanol–water partition coefficient (Wildman–Crippen LogP) is 3.77. The van der Waals surface area contributed by atoms with Crippen LogP contribution >= 0.6 is 0 Å². The van der Waals surface area contributed by atoms with Crippen molar-refractivity contribution >= 4 is 17.5 Å². The number of nitrogens with one attached hydrogen (secondary N) is 2. The van der Waals surface area contributed by atoms with Gasteiger partial charge in [0.25, 0.3) is 5.91 Å². The molecule has 2 aliphatic rings. The number of amides is 2. The van der Waals surface area contributed by atoms with Crippen LogP contribution in [0.2, 0.25) is 0 Å². The Bertz CT molecular complexity index is 1320. The molecule has 38 heavy (non-hydrogen) atoms. The third-order valence-corrected chi connectivity index (χ3v) is 7.24. The average molecular weight is 538 g/mol. The maximum atomic E-state index is 13.8. The van der Waals surface area contributed by atoms with Crippen LogP contribution in [0, 0.1) is 18.8 Å². The first-order valence-corrected chi connectivity index (χ1v) is 12.4. The van der Waals surface area contributed by atoms with Gasteiger partial charge in [0.15, 0.2) is 11.3 Å². The Morgan fingerprint density at radius 2 is 1.89 bits per heavy atom. The summed E-state index contributed by atoms with van der Waals surface area (Å²) in [5.41, 5.74) is 1.82. The molecule has 3 heterocycles. The van der Waals surface area contributed by atoms with Crippen molar-refractivity contribution in [3.8, 4) is 0 Å². The van der Waals surface area contributed by atoms with E-state index in [1.54, 1.807) is 19.2 Å². The van der Waals surface area contributed by atoms with E-state index >= 15 is 0 Å². The number of alkyl halides is 4. The van der Waals surface area contributed by atoms with Crippen LogP contribution in [0.25, 0.3) is 5.65 Å². The molecule has 3 aromatic heterocycles. The van der Waals surface area contributed by atoms with E-state index in [9.17, 15) is 27.2 Å². The number of carbonyl (C=O) groups is 2. The van der Waals surface area contributed by atoms with Gasteiger partial charge in [0.2, 0.25) is 17.8 Å². The largest absolute Gasteiger partial charge is 0.352 e. The van der Waals surface area contributed by atoms with Crippen molar-refractivity contribution in [2.75, 3.05) is 0 Å². The second-order valence-corrected chi connectivity index (χ2v) is 10.3. The third-order valence-electron chi connectivity index (χ3n) is 7.24. The van der Waals surface area contributed by atoms with Gasteiger partial charge in [0.1, 0.15) is 5.69 Å². The molecule has 14 heteroatoms. The molecule has 0 aromatic carbocycles. The smallest absolute Gasteiger partial charge is 0.276 e. The first-order chi connectivity index (χ1) is 18.0. The summed E-state index contributed by atoms with van der Waals surface area (Å²) in [5, 5.41) is 17.1.